The smallest absolute Gasteiger partial charge is 0.224 e. The minimum Gasteiger partial charge on any atom is -0.326 e. The van der Waals surface area contributed by atoms with Gasteiger partial charge in [-0.3, -0.25) is 4.79 Å². The van der Waals surface area contributed by atoms with Crippen molar-refractivity contribution in [2.75, 3.05) is 5.32 Å². The molecule has 2 rings (SSSR count). The zero-order valence-corrected chi connectivity index (χ0v) is 12.1. The Kier molecular flexibility index (Phi) is 4.63. The van der Waals surface area contributed by atoms with Crippen LogP contribution in [0.4, 0.5) is 5.69 Å². The van der Waals surface area contributed by atoms with Crippen LogP contribution in [0.1, 0.15) is 17.5 Å². The van der Waals surface area contributed by atoms with Gasteiger partial charge in [0, 0.05) is 29.0 Å². The molecule has 19 heavy (non-hydrogen) atoms. The average molecular weight is 320 g/mol. The molecule has 1 amide bonds. The second kappa shape index (κ2) is 6.43. The Morgan fingerprint density at radius 3 is 2.74 bits per heavy atom. The molecule has 4 nitrogen and oxygen atoms in total. The lowest BCUT2D eigenvalue weighted by Crippen LogP contribution is -2.13. The third-order valence-electron chi connectivity index (χ3n) is 2.72. The second-order valence-electron chi connectivity index (χ2n) is 4.25. The number of anilines is 1. The maximum atomic E-state index is 11.9. The molecule has 1 N–H and O–H groups in total. The third kappa shape index (κ3) is 4.13. The number of carbonyl (C=O) groups is 1. The molecule has 0 fully saturated rings. The van der Waals surface area contributed by atoms with Crippen LogP contribution >= 0.6 is 15.9 Å². The fourth-order valence-electron chi connectivity index (χ4n) is 1.70. The molecule has 0 saturated carbocycles. The van der Waals surface area contributed by atoms with Gasteiger partial charge in [0.05, 0.1) is 0 Å². The van der Waals surface area contributed by atoms with E-state index in [2.05, 4.69) is 31.2 Å². The number of nitrogens with zero attached hydrogens (tertiary/aromatic N) is 2. The molecule has 0 radical (unpaired) electrons. The normalized spacial score (nSPS) is 10.2. The summed E-state index contributed by atoms with van der Waals surface area (Å²) in [5.41, 5.74) is 2.84. The Labute approximate surface area is 120 Å². The summed E-state index contributed by atoms with van der Waals surface area (Å²) in [5.74, 6) is -0.00530. The molecule has 5 heteroatoms. The average Bonchev–Trinajstić information content (AvgIpc) is 2.41. The minimum absolute atomic E-state index is 0.00530. The van der Waals surface area contributed by atoms with Crippen LogP contribution in [0.2, 0.25) is 0 Å². The molecule has 0 bridgehead atoms. The quantitative estimate of drug-likeness (QED) is 0.942. The standard InChI is InChI=1S/C14H14BrN3O/c1-10-6-12(15)3-4-13(10)18-14(19)5-2-11-7-16-9-17-8-11/h3-4,6-9H,2,5H2,1H3,(H,18,19). The van der Waals surface area contributed by atoms with Gasteiger partial charge in [-0.1, -0.05) is 15.9 Å². The molecular weight excluding hydrogens is 306 g/mol. The fraction of sp³-hybridized carbons (Fsp3) is 0.214. The number of hydrogen-bond donors (Lipinski definition) is 1. The maximum absolute atomic E-state index is 11.9. The van der Waals surface area contributed by atoms with Crippen molar-refractivity contribution in [3.63, 3.8) is 0 Å². The number of carbonyl (C=O) groups excluding carboxylic acids is 1. The Morgan fingerprint density at radius 2 is 2.05 bits per heavy atom. The molecular formula is C14H14BrN3O. The summed E-state index contributed by atoms with van der Waals surface area (Å²) in [6.07, 6.45) is 6.00. The highest BCUT2D eigenvalue weighted by atomic mass is 79.9. The van der Waals surface area contributed by atoms with E-state index in [0.717, 1.165) is 21.3 Å². The predicted octanol–water partition coefficient (Wildman–Crippen LogP) is 3.12. The van der Waals surface area contributed by atoms with E-state index in [9.17, 15) is 4.79 Å². The Balaban J connectivity index is 1.91. The minimum atomic E-state index is -0.00530. The monoisotopic (exact) mass is 319 g/mol. The van der Waals surface area contributed by atoms with Crippen LogP contribution in [-0.4, -0.2) is 15.9 Å². The summed E-state index contributed by atoms with van der Waals surface area (Å²) in [7, 11) is 0. The van der Waals surface area contributed by atoms with Crippen molar-refractivity contribution in [2.45, 2.75) is 19.8 Å². The van der Waals surface area contributed by atoms with Crippen LogP contribution in [0.25, 0.3) is 0 Å². The number of halogens is 1. The zero-order chi connectivity index (χ0) is 13.7. The van der Waals surface area contributed by atoms with Gasteiger partial charge in [0.2, 0.25) is 5.91 Å². The van der Waals surface area contributed by atoms with Crippen LogP contribution in [0.5, 0.6) is 0 Å². The number of amides is 1. The van der Waals surface area contributed by atoms with Crippen LogP contribution in [0.3, 0.4) is 0 Å². The van der Waals surface area contributed by atoms with Gasteiger partial charge < -0.3 is 5.32 Å². The van der Waals surface area contributed by atoms with Gasteiger partial charge >= 0.3 is 0 Å². The van der Waals surface area contributed by atoms with Gasteiger partial charge in [0.1, 0.15) is 6.33 Å². The van der Waals surface area contributed by atoms with Crippen LogP contribution in [0, 0.1) is 6.92 Å². The summed E-state index contributed by atoms with van der Waals surface area (Å²) in [6, 6.07) is 5.78. The molecule has 0 atom stereocenters. The van der Waals surface area contributed by atoms with E-state index in [0.29, 0.717) is 12.8 Å². The molecule has 0 spiro atoms. The van der Waals surface area contributed by atoms with E-state index in [4.69, 9.17) is 0 Å². The van der Waals surface area contributed by atoms with E-state index in [1.54, 1.807) is 12.4 Å². The van der Waals surface area contributed by atoms with E-state index in [1.165, 1.54) is 6.33 Å². The summed E-state index contributed by atoms with van der Waals surface area (Å²) in [4.78, 5) is 19.7. The van der Waals surface area contributed by atoms with E-state index in [-0.39, 0.29) is 5.91 Å². The summed E-state index contributed by atoms with van der Waals surface area (Å²) >= 11 is 3.40. The van der Waals surface area contributed by atoms with Gasteiger partial charge in [0.15, 0.2) is 0 Å². The van der Waals surface area contributed by atoms with E-state index < -0.39 is 0 Å². The molecule has 0 aliphatic rings. The Bertz CT molecular complexity index is 572. The largest absolute Gasteiger partial charge is 0.326 e. The molecule has 2 aromatic rings. The molecule has 98 valence electrons. The molecule has 1 heterocycles. The first kappa shape index (κ1) is 13.7. The van der Waals surface area contributed by atoms with Crippen LogP contribution < -0.4 is 5.32 Å². The third-order valence-corrected chi connectivity index (χ3v) is 3.21. The van der Waals surface area contributed by atoms with E-state index in [1.807, 2.05) is 25.1 Å². The molecule has 1 aromatic carbocycles. The number of aryl methyl sites for hydroxylation is 2. The van der Waals surface area contributed by atoms with Crippen molar-refractivity contribution in [1.29, 1.82) is 0 Å². The van der Waals surface area contributed by atoms with Crippen molar-refractivity contribution in [1.82, 2.24) is 9.97 Å². The lowest BCUT2D eigenvalue weighted by molar-refractivity contribution is -0.116. The van der Waals surface area contributed by atoms with Gasteiger partial charge in [-0.25, -0.2) is 9.97 Å². The maximum Gasteiger partial charge on any atom is 0.224 e. The first-order chi connectivity index (χ1) is 9.15. The van der Waals surface area contributed by atoms with Gasteiger partial charge in [-0.05, 0) is 42.7 Å². The number of hydrogen-bond acceptors (Lipinski definition) is 3. The molecule has 1 aromatic heterocycles. The zero-order valence-electron chi connectivity index (χ0n) is 10.6. The lowest BCUT2D eigenvalue weighted by Gasteiger charge is -2.08. The molecule has 0 unspecified atom stereocenters. The number of benzene rings is 1. The first-order valence-corrected chi connectivity index (χ1v) is 6.74. The van der Waals surface area contributed by atoms with Crippen molar-refractivity contribution in [3.8, 4) is 0 Å². The van der Waals surface area contributed by atoms with Crippen LogP contribution in [-0.2, 0) is 11.2 Å². The highest BCUT2D eigenvalue weighted by molar-refractivity contribution is 9.10. The van der Waals surface area contributed by atoms with Crippen molar-refractivity contribution >= 4 is 27.5 Å². The van der Waals surface area contributed by atoms with Gasteiger partial charge in [0.25, 0.3) is 0 Å². The SMILES string of the molecule is Cc1cc(Br)ccc1NC(=O)CCc1cncnc1. The molecule has 0 aliphatic carbocycles. The Morgan fingerprint density at radius 1 is 1.32 bits per heavy atom. The lowest BCUT2D eigenvalue weighted by atomic mass is 10.1. The summed E-state index contributed by atoms with van der Waals surface area (Å²) in [6.45, 7) is 1.96. The van der Waals surface area contributed by atoms with Crippen molar-refractivity contribution < 1.29 is 4.79 Å². The van der Waals surface area contributed by atoms with Gasteiger partial charge in [-0.15, -0.1) is 0 Å². The first-order valence-electron chi connectivity index (χ1n) is 5.95. The number of rotatable bonds is 4. The molecule has 0 aliphatic heterocycles. The van der Waals surface area contributed by atoms with Crippen molar-refractivity contribution in [3.05, 3.63) is 52.5 Å². The predicted molar refractivity (Wildman–Crippen MR) is 77.9 cm³/mol. The number of nitrogens with one attached hydrogen (secondary N) is 1. The summed E-state index contributed by atoms with van der Waals surface area (Å²) in [5, 5.41) is 2.91. The van der Waals surface area contributed by atoms with Gasteiger partial charge in [-0.2, -0.15) is 0 Å². The number of aromatic nitrogens is 2. The highest BCUT2D eigenvalue weighted by Crippen LogP contribution is 2.20. The van der Waals surface area contributed by atoms with Crippen molar-refractivity contribution in [2.24, 2.45) is 0 Å². The highest BCUT2D eigenvalue weighted by Gasteiger charge is 2.05. The summed E-state index contributed by atoms with van der Waals surface area (Å²) < 4.78 is 1.00. The second-order valence-corrected chi connectivity index (χ2v) is 5.17. The van der Waals surface area contributed by atoms with E-state index >= 15 is 0 Å². The topological polar surface area (TPSA) is 54.9 Å². The Hall–Kier alpha value is -1.75. The van der Waals surface area contributed by atoms with Crippen LogP contribution in [0.15, 0.2) is 41.4 Å². The molecule has 0 saturated heterocycles. The fourth-order valence-corrected chi connectivity index (χ4v) is 2.17.